The number of rotatable bonds is 11. The molecule has 0 radical (unpaired) electrons. The van der Waals surface area contributed by atoms with Crippen molar-refractivity contribution in [3.05, 3.63) is 129 Å². The first-order valence-corrected chi connectivity index (χ1v) is 19.2. The maximum atomic E-state index is 13.2. The summed E-state index contributed by atoms with van der Waals surface area (Å²) in [5.74, 6) is 1.10. The van der Waals surface area contributed by atoms with Gasteiger partial charge in [0, 0.05) is 42.2 Å². The van der Waals surface area contributed by atoms with Gasteiger partial charge in [-0.05, 0) is 128 Å². The number of unbranched alkanes of at least 4 members (excludes halogenated alkanes) is 1. The van der Waals surface area contributed by atoms with Crippen LogP contribution in [0, 0.1) is 6.92 Å². The van der Waals surface area contributed by atoms with Crippen LogP contribution in [0.25, 0.3) is 16.8 Å². The summed E-state index contributed by atoms with van der Waals surface area (Å²) in [5, 5.41) is 15.7. The van der Waals surface area contributed by atoms with Gasteiger partial charge in [-0.15, -0.1) is 10.2 Å². The van der Waals surface area contributed by atoms with Gasteiger partial charge in [-0.25, -0.2) is 0 Å². The predicted molar refractivity (Wildman–Crippen MR) is 209 cm³/mol. The molecule has 0 bridgehead atoms. The van der Waals surface area contributed by atoms with Gasteiger partial charge in [-0.1, -0.05) is 54.1 Å². The summed E-state index contributed by atoms with van der Waals surface area (Å²) in [4.78, 5) is 41.3. The number of amides is 3. The highest BCUT2D eigenvalue weighted by atomic mass is 35.5. The van der Waals surface area contributed by atoms with E-state index in [0.29, 0.717) is 23.6 Å². The number of imide groups is 1. The highest BCUT2D eigenvalue weighted by Gasteiger charge is 2.39. The van der Waals surface area contributed by atoms with E-state index in [1.807, 2.05) is 43.3 Å². The number of benzene rings is 4. The molecule has 1 saturated heterocycles. The van der Waals surface area contributed by atoms with Gasteiger partial charge in [0.25, 0.3) is 5.91 Å². The second-order valence-corrected chi connectivity index (χ2v) is 15.2. The fraction of sp³-hybridized carbons (Fsp3) is 0.326. The van der Waals surface area contributed by atoms with Crippen LogP contribution in [-0.4, -0.2) is 61.9 Å². The molecule has 5 aromatic rings. The van der Waals surface area contributed by atoms with Crippen molar-refractivity contribution in [3.63, 3.8) is 0 Å². The van der Waals surface area contributed by atoms with Crippen LogP contribution in [0.5, 0.6) is 0 Å². The number of anilines is 1. The van der Waals surface area contributed by atoms with Crippen LogP contribution in [0.2, 0.25) is 5.02 Å². The Morgan fingerprint density at radius 3 is 2.50 bits per heavy atom. The molecule has 0 saturated carbocycles. The van der Waals surface area contributed by atoms with E-state index in [2.05, 4.69) is 85.9 Å². The minimum Gasteiger partial charge on any atom is -0.378 e. The summed E-state index contributed by atoms with van der Waals surface area (Å²) in [6.45, 7) is 4.23. The van der Waals surface area contributed by atoms with Crippen LogP contribution in [-0.2, 0) is 35.5 Å². The minimum atomic E-state index is -0.593. The molecule has 4 aromatic carbocycles. The number of halogens is 1. The number of hydrogen-bond donors (Lipinski definition) is 2. The van der Waals surface area contributed by atoms with E-state index < -0.39 is 6.04 Å². The molecule has 1 aromatic heterocycles. The molecule has 10 nitrogen and oxygen atoms in total. The molecule has 276 valence electrons. The van der Waals surface area contributed by atoms with Gasteiger partial charge in [0.15, 0.2) is 0 Å². The van der Waals surface area contributed by atoms with Gasteiger partial charge < -0.3 is 15.1 Å². The maximum absolute atomic E-state index is 13.2. The lowest BCUT2D eigenvalue weighted by Gasteiger charge is -2.29. The Morgan fingerprint density at radius 1 is 0.907 bits per heavy atom. The van der Waals surface area contributed by atoms with E-state index in [9.17, 15) is 14.4 Å². The van der Waals surface area contributed by atoms with Gasteiger partial charge in [-0.3, -0.25) is 24.3 Å². The average molecular weight is 742 g/mol. The van der Waals surface area contributed by atoms with Gasteiger partial charge >= 0.3 is 0 Å². The third kappa shape index (κ3) is 7.28. The zero-order valence-corrected chi connectivity index (χ0v) is 31.4. The number of aromatic nitrogens is 3. The lowest BCUT2D eigenvalue weighted by Crippen LogP contribution is -2.52. The van der Waals surface area contributed by atoms with E-state index in [-0.39, 0.29) is 30.2 Å². The molecule has 1 fully saturated rings. The van der Waals surface area contributed by atoms with Crippen LogP contribution in [0.3, 0.4) is 0 Å². The molecule has 11 heteroatoms. The quantitative estimate of drug-likeness (QED) is 0.109. The fourth-order valence-corrected chi connectivity index (χ4v) is 8.32. The summed E-state index contributed by atoms with van der Waals surface area (Å²) in [6.07, 6.45) is 5.23. The number of hydrogen-bond acceptors (Lipinski definition) is 7. The van der Waals surface area contributed by atoms with Gasteiger partial charge in [0.05, 0.1) is 11.7 Å². The van der Waals surface area contributed by atoms with E-state index in [4.69, 9.17) is 11.6 Å². The van der Waals surface area contributed by atoms with Gasteiger partial charge in [0.1, 0.15) is 17.7 Å². The lowest BCUT2D eigenvalue weighted by atomic mass is 9.95. The molecule has 2 N–H and O–H groups in total. The molecule has 3 aliphatic rings. The molecule has 3 aliphatic heterocycles. The summed E-state index contributed by atoms with van der Waals surface area (Å²) < 4.78 is 2.19. The molecule has 3 amide bonds. The van der Waals surface area contributed by atoms with Crippen LogP contribution in [0.4, 0.5) is 5.69 Å². The standard InChI is InChI=1S/C43H44ClN7O3/c1-27-47-48-40-21-18-37(45-33-16-14-32(44)15-17-33)35-24-31(13-19-38(35)51(27)40)29-11-9-28(10-12-29)25-49(2)23-4-3-6-30-7-5-8-34-36(30)26-50(43(34)54)39-20-22-41(52)46-42(39)53/h5,7-17,19,24,37,39,45H,3-4,6,18,20-23,25-26H2,1-2H3,(H,46,52,53). The maximum Gasteiger partial charge on any atom is 0.255 e. The molecule has 0 spiro atoms. The smallest absolute Gasteiger partial charge is 0.255 e. The van der Waals surface area contributed by atoms with Crippen molar-refractivity contribution in [1.82, 2.24) is 29.9 Å². The number of nitrogens with zero attached hydrogens (tertiary/aromatic N) is 5. The van der Waals surface area contributed by atoms with Crippen LogP contribution < -0.4 is 10.6 Å². The number of carbonyl (C=O) groups excluding carboxylic acids is 3. The third-order valence-electron chi connectivity index (χ3n) is 11.0. The van der Waals surface area contributed by atoms with Crippen molar-refractivity contribution in [2.45, 2.75) is 77.0 Å². The summed E-state index contributed by atoms with van der Waals surface area (Å²) in [6, 6.07) is 28.8. The Morgan fingerprint density at radius 2 is 1.70 bits per heavy atom. The van der Waals surface area contributed by atoms with Crippen molar-refractivity contribution in [3.8, 4) is 16.8 Å². The summed E-state index contributed by atoms with van der Waals surface area (Å²) >= 11 is 6.18. The Kier molecular flexibility index (Phi) is 10.0. The number of carbonyl (C=O) groups is 3. The zero-order valence-electron chi connectivity index (χ0n) is 30.6. The molecule has 0 aliphatic carbocycles. The van der Waals surface area contributed by atoms with Crippen molar-refractivity contribution in [1.29, 1.82) is 0 Å². The van der Waals surface area contributed by atoms with E-state index >= 15 is 0 Å². The van der Waals surface area contributed by atoms with Crippen molar-refractivity contribution in [2.24, 2.45) is 0 Å². The average Bonchev–Trinajstić information content (AvgIpc) is 3.66. The van der Waals surface area contributed by atoms with E-state index in [1.54, 1.807) is 4.90 Å². The van der Waals surface area contributed by atoms with Crippen molar-refractivity contribution < 1.29 is 14.4 Å². The summed E-state index contributed by atoms with van der Waals surface area (Å²) in [5.41, 5.74) is 9.81. The number of fused-ring (bicyclic) bond motifs is 4. The lowest BCUT2D eigenvalue weighted by molar-refractivity contribution is -0.136. The second kappa shape index (κ2) is 15.2. The number of piperidine rings is 1. The van der Waals surface area contributed by atoms with E-state index in [0.717, 1.165) is 79.3 Å². The molecule has 2 atom stereocenters. The Bertz CT molecular complexity index is 2220. The van der Waals surface area contributed by atoms with Crippen LogP contribution in [0.1, 0.15) is 82.4 Å². The predicted octanol–water partition coefficient (Wildman–Crippen LogP) is 7.21. The fourth-order valence-electron chi connectivity index (χ4n) is 8.20. The van der Waals surface area contributed by atoms with Gasteiger partial charge in [-0.2, -0.15) is 0 Å². The van der Waals surface area contributed by atoms with Gasteiger partial charge in [0.2, 0.25) is 11.8 Å². The van der Waals surface area contributed by atoms with Crippen molar-refractivity contribution >= 4 is 35.0 Å². The molecule has 4 heterocycles. The monoisotopic (exact) mass is 741 g/mol. The topological polar surface area (TPSA) is 112 Å². The van der Waals surface area contributed by atoms with Crippen LogP contribution in [0.15, 0.2) is 84.9 Å². The highest BCUT2D eigenvalue weighted by Crippen LogP contribution is 2.37. The Balaban J connectivity index is 0.887. The molecule has 54 heavy (non-hydrogen) atoms. The minimum absolute atomic E-state index is 0.0907. The molecule has 8 rings (SSSR count). The largest absolute Gasteiger partial charge is 0.378 e. The first-order valence-electron chi connectivity index (χ1n) is 18.8. The first kappa shape index (κ1) is 35.7. The number of aryl methyl sites for hydroxylation is 3. The summed E-state index contributed by atoms with van der Waals surface area (Å²) in [7, 11) is 2.16. The SMILES string of the molecule is Cc1nnc2n1-c1ccc(-c3ccc(CN(C)CCCCc4cccc5c4CN(C4CCC(=O)NC4=O)C5=O)cc3)cc1C(Nc1ccc(Cl)cc1)CC2. The Hall–Kier alpha value is -5.32. The normalized spacial score (nSPS) is 17.9. The second-order valence-electron chi connectivity index (χ2n) is 14.7. The van der Waals surface area contributed by atoms with Crippen molar-refractivity contribution in [2.75, 3.05) is 18.9 Å². The Labute approximate surface area is 320 Å². The molecule has 2 unspecified atom stereocenters. The number of nitrogens with one attached hydrogen (secondary N) is 2. The van der Waals surface area contributed by atoms with E-state index in [1.165, 1.54) is 22.3 Å². The highest BCUT2D eigenvalue weighted by molar-refractivity contribution is 6.30. The molecular formula is C43H44ClN7O3. The zero-order chi connectivity index (χ0) is 37.3. The molecular weight excluding hydrogens is 698 g/mol. The first-order chi connectivity index (χ1) is 26.2. The third-order valence-corrected chi connectivity index (χ3v) is 11.3. The van der Waals surface area contributed by atoms with Crippen LogP contribution >= 0.6 is 11.6 Å².